The molecular formula is C17H24F4N4. The fraction of sp³-hybridized carbons (Fsp3) is 0.588. The van der Waals surface area contributed by atoms with Crippen LogP contribution in [0.3, 0.4) is 0 Å². The number of halogens is 4. The van der Waals surface area contributed by atoms with Crippen LogP contribution < -0.4 is 10.6 Å². The van der Waals surface area contributed by atoms with Crippen LogP contribution in [0.25, 0.3) is 0 Å². The van der Waals surface area contributed by atoms with Gasteiger partial charge < -0.3 is 10.6 Å². The molecule has 1 saturated heterocycles. The Morgan fingerprint density at radius 3 is 2.72 bits per heavy atom. The maximum Gasteiger partial charge on any atom is 0.401 e. The molecule has 1 aromatic rings. The molecule has 0 radical (unpaired) electrons. The lowest BCUT2D eigenvalue weighted by Gasteiger charge is -2.18. The SMILES string of the molecule is CN=C(NCc1ccc(F)c(C)c1)NCC1CCN(CC(F)(F)F)C1. The van der Waals surface area contributed by atoms with Crippen molar-refractivity contribution in [3.05, 3.63) is 35.1 Å². The highest BCUT2D eigenvalue weighted by Gasteiger charge is 2.34. The molecule has 1 atom stereocenters. The maximum absolute atomic E-state index is 13.3. The van der Waals surface area contributed by atoms with Crippen LogP contribution in [-0.2, 0) is 6.54 Å². The number of guanidine groups is 1. The molecule has 1 aromatic carbocycles. The van der Waals surface area contributed by atoms with Gasteiger partial charge >= 0.3 is 6.18 Å². The number of aliphatic imine (C=N–C) groups is 1. The molecule has 0 saturated carbocycles. The van der Waals surface area contributed by atoms with E-state index in [4.69, 9.17) is 0 Å². The molecule has 140 valence electrons. The minimum Gasteiger partial charge on any atom is -0.356 e. The first-order valence-electron chi connectivity index (χ1n) is 8.25. The third-order valence-electron chi connectivity index (χ3n) is 4.24. The highest BCUT2D eigenvalue weighted by atomic mass is 19.4. The first-order chi connectivity index (χ1) is 11.8. The van der Waals surface area contributed by atoms with Crippen LogP contribution in [0, 0.1) is 18.7 Å². The third kappa shape index (κ3) is 6.53. The van der Waals surface area contributed by atoms with Crippen molar-refractivity contribution in [1.82, 2.24) is 15.5 Å². The lowest BCUT2D eigenvalue weighted by Crippen LogP contribution is -2.40. The molecule has 0 amide bonds. The number of rotatable bonds is 5. The van der Waals surface area contributed by atoms with Crippen LogP contribution in [0.5, 0.6) is 0 Å². The zero-order valence-corrected chi connectivity index (χ0v) is 14.5. The summed E-state index contributed by atoms with van der Waals surface area (Å²) >= 11 is 0. The Morgan fingerprint density at radius 2 is 2.08 bits per heavy atom. The third-order valence-corrected chi connectivity index (χ3v) is 4.24. The smallest absolute Gasteiger partial charge is 0.356 e. The van der Waals surface area contributed by atoms with Gasteiger partial charge in [-0.25, -0.2) is 4.39 Å². The number of hydrogen-bond donors (Lipinski definition) is 2. The zero-order valence-electron chi connectivity index (χ0n) is 14.5. The van der Waals surface area contributed by atoms with Crippen molar-refractivity contribution in [2.45, 2.75) is 26.1 Å². The summed E-state index contributed by atoms with van der Waals surface area (Å²) in [5.74, 6) is 0.501. The maximum atomic E-state index is 13.3. The number of aryl methyl sites for hydroxylation is 1. The normalized spacial score (nSPS) is 19.3. The first-order valence-corrected chi connectivity index (χ1v) is 8.25. The van der Waals surface area contributed by atoms with Crippen LogP contribution in [0.15, 0.2) is 23.2 Å². The van der Waals surface area contributed by atoms with Gasteiger partial charge in [-0.05, 0) is 43.0 Å². The number of nitrogens with one attached hydrogen (secondary N) is 2. The summed E-state index contributed by atoms with van der Waals surface area (Å²) in [6.45, 7) is 2.81. The zero-order chi connectivity index (χ0) is 18.4. The molecule has 1 aliphatic rings. The minimum absolute atomic E-state index is 0.161. The Morgan fingerprint density at radius 1 is 1.32 bits per heavy atom. The van der Waals surface area contributed by atoms with Crippen molar-refractivity contribution in [3.63, 3.8) is 0 Å². The van der Waals surface area contributed by atoms with Gasteiger partial charge in [0.25, 0.3) is 0 Å². The van der Waals surface area contributed by atoms with Crippen molar-refractivity contribution in [1.29, 1.82) is 0 Å². The average molecular weight is 360 g/mol. The summed E-state index contributed by atoms with van der Waals surface area (Å²) in [6.07, 6.45) is -3.41. The Bertz CT molecular complexity index is 601. The van der Waals surface area contributed by atoms with E-state index in [1.165, 1.54) is 11.0 Å². The molecule has 8 heteroatoms. The van der Waals surface area contributed by atoms with Gasteiger partial charge in [0.05, 0.1) is 6.54 Å². The topological polar surface area (TPSA) is 39.7 Å². The summed E-state index contributed by atoms with van der Waals surface area (Å²) in [4.78, 5) is 5.54. The highest BCUT2D eigenvalue weighted by Crippen LogP contribution is 2.22. The molecule has 1 heterocycles. The summed E-state index contributed by atoms with van der Waals surface area (Å²) < 4.78 is 50.5. The monoisotopic (exact) mass is 360 g/mol. The van der Waals surface area contributed by atoms with Crippen LogP contribution in [0.2, 0.25) is 0 Å². The number of alkyl halides is 3. The number of benzene rings is 1. The van der Waals surface area contributed by atoms with E-state index >= 15 is 0 Å². The Labute approximate surface area is 145 Å². The molecule has 1 aliphatic heterocycles. The summed E-state index contributed by atoms with van der Waals surface area (Å²) in [5, 5.41) is 6.28. The van der Waals surface area contributed by atoms with Crippen LogP contribution in [0.4, 0.5) is 17.6 Å². The Hall–Kier alpha value is -1.83. The molecule has 0 aromatic heterocycles. The summed E-state index contributed by atoms with van der Waals surface area (Å²) in [5.41, 5.74) is 1.51. The molecule has 4 nitrogen and oxygen atoms in total. The number of likely N-dealkylation sites (tertiary alicyclic amines) is 1. The van der Waals surface area contributed by atoms with E-state index in [1.807, 2.05) is 0 Å². The highest BCUT2D eigenvalue weighted by molar-refractivity contribution is 5.79. The van der Waals surface area contributed by atoms with Crippen LogP contribution >= 0.6 is 0 Å². The van der Waals surface area contributed by atoms with Crippen molar-refractivity contribution in [2.75, 3.05) is 33.2 Å². The van der Waals surface area contributed by atoms with E-state index in [2.05, 4.69) is 15.6 Å². The van der Waals surface area contributed by atoms with Crippen LogP contribution in [0.1, 0.15) is 17.5 Å². The number of nitrogens with zero attached hydrogens (tertiary/aromatic N) is 2. The van der Waals surface area contributed by atoms with Gasteiger partial charge in [0.1, 0.15) is 5.82 Å². The summed E-state index contributed by atoms with van der Waals surface area (Å²) in [6, 6.07) is 4.90. The van der Waals surface area contributed by atoms with E-state index in [-0.39, 0.29) is 11.7 Å². The Balaban J connectivity index is 1.74. The molecular weight excluding hydrogens is 336 g/mol. The van der Waals surface area contributed by atoms with E-state index in [9.17, 15) is 17.6 Å². The molecule has 25 heavy (non-hydrogen) atoms. The summed E-state index contributed by atoms with van der Waals surface area (Å²) in [7, 11) is 1.63. The van der Waals surface area contributed by atoms with E-state index in [0.717, 1.165) is 12.0 Å². The molecule has 2 N–H and O–H groups in total. The standard InChI is InChI=1S/C17H24F4N4/c1-12-7-13(3-4-15(12)18)8-23-16(22-2)24-9-14-5-6-25(10-14)11-17(19,20)21/h3-4,7,14H,5-6,8-11H2,1-2H3,(H2,22,23,24). The Kier molecular flexibility index (Phi) is 6.64. The fourth-order valence-electron chi connectivity index (χ4n) is 2.94. The average Bonchev–Trinajstić information content (AvgIpc) is 2.96. The number of hydrogen-bond acceptors (Lipinski definition) is 2. The van der Waals surface area contributed by atoms with Crippen LogP contribution in [-0.4, -0.2) is 50.3 Å². The predicted molar refractivity (Wildman–Crippen MR) is 89.9 cm³/mol. The van der Waals surface area contributed by atoms with Crippen molar-refractivity contribution in [3.8, 4) is 0 Å². The molecule has 1 unspecified atom stereocenters. The van der Waals surface area contributed by atoms with Gasteiger partial charge in [-0.2, -0.15) is 13.2 Å². The quantitative estimate of drug-likeness (QED) is 0.482. The second-order valence-electron chi connectivity index (χ2n) is 6.40. The van der Waals surface area contributed by atoms with E-state index in [0.29, 0.717) is 37.7 Å². The van der Waals surface area contributed by atoms with Crippen molar-refractivity contribution >= 4 is 5.96 Å². The lowest BCUT2D eigenvalue weighted by atomic mass is 10.1. The second kappa shape index (κ2) is 8.51. The van der Waals surface area contributed by atoms with Crippen molar-refractivity contribution < 1.29 is 17.6 Å². The second-order valence-corrected chi connectivity index (χ2v) is 6.40. The lowest BCUT2D eigenvalue weighted by molar-refractivity contribution is -0.143. The predicted octanol–water partition coefficient (Wildman–Crippen LogP) is 2.68. The van der Waals surface area contributed by atoms with Gasteiger partial charge in [-0.15, -0.1) is 0 Å². The van der Waals surface area contributed by atoms with Gasteiger partial charge in [0.15, 0.2) is 5.96 Å². The van der Waals surface area contributed by atoms with Crippen molar-refractivity contribution in [2.24, 2.45) is 10.9 Å². The van der Waals surface area contributed by atoms with E-state index < -0.39 is 12.7 Å². The first kappa shape index (κ1) is 19.5. The van der Waals surface area contributed by atoms with Gasteiger partial charge in [0, 0.05) is 26.7 Å². The molecule has 0 spiro atoms. The molecule has 0 bridgehead atoms. The van der Waals surface area contributed by atoms with Gasteiger partial charge in [-0.1, -0.05) is 12.1 Å². The van der Waals surface area contributed by atoms with E-state index in [1.54, 1.807) is 26.1 Å². The largest absolute Gasteiger partial charge is 0.401 e. The molecule has 0 aliphatic carbocycles. The van der Waals surface area contributed by atoms with Gasteiger partial charge in [0.2, 0.25) is 0 Å². The van der Waals surface area contributed by atoms with Gasteiger partial charge in [-0.3, -0.25) is 9.89 Å². The minimum atomic E-state index is -4.15. The fourth-order valence-corrected chi connectivity index (χ4v) is 2.94. The molecule has 1 fully saturated rings. The molecule has 2 rings (SSSR count).